The number of hydrogen-bond donors (Lipinski definition) is 2. The van der Waals surface area contributed by atoms with Gasteiger partial charge in [0.05, 0.1) is 6.54 Å². The van der Waals surface area contributed by atoms with Crippen molar-refractivity contribution in [1.29, 1.82) is 0 Å². The summed E-state index contributed by atoms with van der Waals surface area (Å²) in [7, 11) is -1.95. The van der Waals surface area contributed by atoms with Gasteiger partial charge in [0.2, 0.25) is 0 Å². The van der Waals surface area contributed by atoms with Gasteiger partial charge in [-0.3, -0.25) is 9.36 Å². The monoisotopic (exact) mass is 292 g/mol. The number of halogens is 1. The van der Waals surface area contributed by atoms with Crippen molar-refractivity contribution >= 4 is 12.6 Å². The maximum Gasteiger partial charge on any atom is 0.491 e. The second-order valence-corrected chi connectivity index (χ2v) is 4.54. The molecule has 1 aromatic carbocycles. The minimum atomic E-state index is -1.95. The molecule has 0 aliphatic carbocycles. The number of nitrogens with zero attached hydrogens (tertiary/aromatic N) is 2. The molecule has 2 aromatic rings. The van der Waals surface area contributed by atoms with Crippen molar-refractivity contribution in [2.24, 2.45) is 0 Å². The molecule has 0 saturated carbocycles. The third-order valence-electron chi connectivity index (χ3n) is 3.16. The molecule has 110 valence electrons. The van der Waals surface area contributed by atoms with E-state index >= 15 is 0 Å². The fourth-order valence-electron chi connectivity index (χ4n) is 2.02. The highest BCUT2D eigenvalue weighted by Crippen LogP contribution is 2.02. The summed E-state index contributed by atoms with van der Waals surface area (Å²) in [5.74, 6) is -0.764. The van der Waals surface area contributed by atoms with Gasteiger partial charge in [0, 0.05) is 24.3 Å². The lowest BCUT2D eigenvalue weighted by molar-refractivity contribution is 0.423. The highest BCUT2D eigenvalue weighted by atomic mass is 19.1. The first-order valence-corrected chi connectivity index (χ1v) is 6.38. The lowest BCUT2D eigenvalue weighted by atomic mass is 9.79. The van der Waals surface area contributed by atoms with Crippen LogP contribution in [-0.2, 0) is 13.1 Å². The van der Waals surface area contributed by atoms with E-state index in [1.807, 2.05) is 0 Å². The largest absolute Gasteiger partial charge is 0.491 e. The summed E-state index contributed by atoms with van der Waals surface area (Å²) in [5.41, 5.74) is -0.819. The molecule has 0 aliphatic heterocycles. The molecule has 0 spiro atoms. The van der Waals surface area contributed by atoms with Crippen LogP contribution in [0.15, 0.2) is 40.1 Å². The molecule has 0 unspecified atom stereocenters. The Balaban J connectivity index is 2.46. The molecule has 0 aliphatic rings. The molecule has 1 heterocycles. The molecule has 2 rings (SSSR count). The Kier molecular flexibility index (Phi) is 4.39. The molecule has 0 amide bonds. The molecular weight excluding hydrogens is 278 g/mol. The summed E-state index contributed by atoms with van der Waals surface area (Å²) >= 11 is 0. The molecule has 6 nitrogen and oxygen atoms in total. The van der Waals surface area contributed by atoms with Crippen molar-refractivity contribution in [3.63, 3.8) is 0 Å². The first-order chi connectivity index (χ1) is 9.93. The van der Waals surface area contributed by atoms with Gasteiger partial charge < -0.3 is 14.6 Å². The van der Waals surface area contributed by atoms with Crippen LogP contribution in [0.5, 0.6) is 0 Å². The van der Waals surface area contributed by atoms with Crippen molar-refractivity contribution < 1.29 is 14.4 Å². The lowest BCUT2D eigenvalue weighted by Crippen LogP contribution is -2.39. The van der Waals surface area contributed by atoms with Crippen LogP contribution >= 0.6 is 0 Å². The molecule has 2 N–H and O–H groups in total. The Morgan fingerprint density at radius 3 is 2.57 bits per heavy atom. The Bertz CT molecular complexity index is 769. The molecular formula is C13H14BFN2O4. The minimum absolute atomic E-state index is 0.0709. The predicted octanol–water partition coefficient (Wildman–Crippen LogP) is -1.10. The van der Waals surface area contributed by atoms with Crippen molar-refractivity contribution in [2.75, 3.05) is 0 Å². The molecule has 1 aromatic heterocycles. The van der Waals surface area contributed by atoms with E-state index in [0.29, 0.717) is 12.1 Å². The zero-order chi connectivity index (χ0) is 15.6. The summed E-state index contributed by atoms with van der Waals surface area (Å²) in [5, 5.41) is 18.1. The smallest absolute Gasteiger partial charge is 0.423 e. The van der Waals surface area contributed by atoms with Gasteiger partial charge in [-0.15, -0.1) is 0 Å². The van der Waals surface area contributed by atoms with Crippen LogP contribution in [0, 0.1) is 5.82 Å². The lowest BCUT2D eigenvalue weighted by Gasteiger charge is -2.10. The topological polar surface area (TPSA) is 84.5 Å². The molecule has 21 heavy (non-hydrogen) atoms. The summed E-state index contributed by atoms with van der Waals surface area (Å²) in [6, 6.07) is 4.94. The third-order valence-corrected chi connectivity index (χ3v) is 3.16. The first kappa shape index (κ1) is 15.2. The maximum atomic E-state index is 13.4. The Labute approximate surface area is 119 Å². The van der Waals surface area contributed by atoms with Crippen LogP contribution in [0.1, 0.15) is 12.5 Å². The average Bonchev–Trinajstić information content (AvgIpc) is 2.45. The van der Waals surface area contributed by atoms with E-state index < -0.39 is 24.2 Å². The summed E-state index contributed by atoms with van der Waals surface area (Å²) in [6.07, 6.45) is 1.41. The number of benzene rings is 1. The molecule has 0 fully saturated rings. The van der Waals surface area contributed by atoms with Crippen molar-refractivity contribution in [2.45, 2.75) is 20.0 Å². The summed E-state index contributed by atoms with van der Waals surface area (Å²) in [4.78, 5) is 23.8. The van der Waals surface area contributed by atoms with Crippen LogP contribution in [0.25, 0.3) is 0 Å². The fourth-order valence-corrected chi connectivity index (χ4v) is 2.02. The number of aromatic nitrogens is 2. The Morgan fingerprint density at radius 1 is 1.24 bits per heavy atom. The van der Waals surface area contributed by atoms with E-state index in [9.17, 15) is 14.0 Å². The molecule has 8 heteroatoms. The van der Waals surface area contributed by atoms with E-state index in [1.54, 1.807) is 6.92 Å². The third kappa shape index (κ3) is 3.12. The normalized spacial score (nSPS) is 10.7. The van der Waals surface area contributed by atoms with Gasteiger partial charge in [-0.05, 0) is 18.6 Å². The van der Waals surface area contributed by atoms with Gasteiger partial charge in [0.15, 0.2) is 0 Å². The highest BCUT2D eigenvalue weighted by molar-refractivity contribution is 6.58. The fraction of sp³-hybridized carbons (Fsp3) is 0.231. The molecule has 0 bridgehead atoms. The number of aryl methyl sites for hydroxylation is 1. The van der Waals surface area contributed by atoms with Crippen molar-refractivity contribution in [1.82, 2.24) is 9.13 Å². The van der Waals surface area contributed by atoms with Crippen LogP contribution in [0.2, 0.25) is 0 Å². The first-order valence-electron chi connectivity index (χ1n) is 6.38. The van der Waals surface area contributed by atoms with E-state index in [2.05, 4.69) is 0 Å². The highest BCUT2D eigenvalue weighted by Gasteiger charge is 2.17. The molecule has 0 atom stereocenters. The minimum Gasteiger partial charge on any atom is -0.423 e. The van der Waals surface area contributed by atoms with Gasteiger partial charge in [-0.25, -0.2) is 9.18 Å². The number of hydrogen-bond acceptors (Lipinski definition) is 4. The van der Waals surface area contributed by atoms with Gasteiger partial charge in [-0.1, -0.05) is 12.1 Å². The van der Waals surface area contributed by atoms with Crippen LogP contribution in [0.3, 0.4) is 0 Å². The number of rotatable bonds is 4. The van der Waals surface area contributed by atoms with Crippen LogP contribution in [0.4, 0.5) is 4.39 Å². The summed E-state index contributed by atoms with van der Waals surface area (Å²) < 4.78 is 15.8. The second-order valence-electron chi connectivity index (χ2n) is 4.54. The Hall–Kier alpha value is -2.19. The molecule has 0 saturated heterocycles. The quantitative estimate of drug-likeness (QED) is 0.700. The predicted molar refractivity (Wildman–Crippen MR) is 76.0 cm³/mol. The standard InChI is InChI=1S/C13H14BFN2O4/c1-2-16-6-5-12(18)17(13(16)19)8-9-3-4-11(15)10(7-9)14(20)21/h3-7,20-21H,2,8H2,1H3. The van der Waals surface area contributed by atoms with Gasteiger partial charge >= 0.3 is 12.8 Å². The van der Waals surface area contributed by atoms with Crippen LogP contribution in [-0.4, -0.2) is 26.3 Å². The SMILES string of the molecule is CCn1ccc(=O)n(Cc2ccc(F)c(B(O)O)c2)c1=O. The summed E-state index contributed by atoms with van der Waals surface area (Å²) in [6.45, 7) is 2.12. The van der Waals surface area contributed by atoms with E-state index in [1.165, 1.54) is 29.0 Å². The van der Waals surface area contributed by atoms with E-state index in [-0.39, 0.29) is 12.0 Å². The average molecular weight is 292 g/mol. The zero-order valence-electron chi connectivity index (χ0n) is 11.4. The van der Waals surface area contributed by atoms with E-state index in [0.717, 1.165) is 10.6 Å². The van der Waals surface area contributed by atoms with Crippen LogP contribution < -0.4 is 16.7 Å². The van der Waals surface area contributed by atoms with Gasteiger partial charge in [-0.2, -0.15) is 0 Å². The van der Waals surface area contributed by atoms with E-state index in [4.69, 9.17) is 10.0 Å². The van der Waals surface area contributed by atoms with Gasteiger partial charge in [0.1, 0.15) is 5.82 Å². The maximum absolute atomic E-state index is 13.4. The van der Waals surface area contributed by atoms with Crippen molar-refractivity contribution in [3.05, 3.63) is 62.7 Å². The molecule has 0 radical (unpaired) electrons. The zero-order valence-corrected chi connectivity index (χ0v) is 11.4. The second kappa shape index (κ2) is 6.07. The Morgan fingerprint density at radius 2 is 1.95 bits per heavy atom. The van der Waals surface area contributed by atoms with Crippen molar-refractivity contribution in [3.8, 4) is 0 Å². The van der Waals surface area contributed by atoms with Gasteiger partial charge in [0.25, 0.3) is 5.56 Å².